The summed E-state index contributed by atoms with van der Waals surface area (Å²) < 4.78 is 15.9. The maximum Gasteiger partial charge on any atom is 0.264 e. The highest BCUT2D eigenvalue weighted by Crippen LogP contribution is 2.38. The Morgan fingerprint density at radius 2 is 2.29 bits per heavy atom. The molecule has 0 spiro atoms. The molecule has 0 saturated heterocycles. The van der Waals surface area contributed by atoms with E-state index in [-0.39, 0.29) is 6.61 Å². The molecular weight excluding hydrogens is 296 g/mol. The molecule has 0 bridgehead atoms. The van der Waals surface area contributed by atoms with Crippen LogP contribution in [-0.4, -0.2) is 23.5 Å². The molecule has 1 aliphatic rings. The van der Waals surface area contributed by atoms with E-state index in [1.807, 2.05) is 0 Å². The number of nitrogens with zero attached hydrogens (tertiary/aromatic N) is 2. The number of carbonyl (C=O) groups excluding carboxylic acids is 1. The number of carbonyl (C=O) groups is 1. The van der Waals surface area contributed by atoms with Crippen LogP contribution in [-0.2, 0) is 6.61 Å². The van der Waals surface area contributed by atoms with E-state index >= 15 is 0 Å². The van der Waals surface area contributed by atoms with E-state index in [0.717, 1.165) is 12.8 Å². The van der Waals surface area contributed by atoms with Crippen LogP contribution in [0.1, 0.15) is 40.8 Å². The molecule has 2 aromatic rings. The standard InChI is InChI=1S/C14H13ClN2O4/c1-19-11-5-10(15)4-9(6-18)13(11)20-7-12-16-14(17-21-12)8-2-3-8/h4-6,8H,2-3,7H2,1H3. The van der Waals surface area contributed by atoms with Gasteiger partial charge in [-0.2, -0.15) is 4.98 Å². The summed E-state index contributed by atoms with van der Waals surface area (Å²) in [5, 5.41) is 4.30. The Bertz CT molecular complexity index is 667. The van der Waals surface area contributed by atoms with Crippen LogP contribution >= 0.6 is 11.6 Å². The molecule has 6 nitrogen and oxygen atoms in total. The molecule has 7 heteroatoms. The quantitative estimate of drug-likeness (QED) is 0.764. The number of benzene rings is 1. The zero-order chi connectivity index (χ0) is 14.8. The van der Waals surface area contributed by atoms with Gasteiger partial charge in [0.05, 0.1) is 12.7 Å². The monoisotopic (exact) mass is 308 g/mol. The maximum absolute atomic E-state index is 11.1. The molecule has 1 saturated carbocycles. The van der Waals surface area contributed by atoms with Gasteiger partial charge in [-0.3, -0.25) is 4.79 Å². The number of aromatic nitrogens is 2. The molecule has 110 valence electrons. The van der Waals surface area contributed by atoms with Gasteiger partial charge in [-0.1, -0.05) is 16.8 Å². The van der Waals surface area contributed by atoms with Crippen molar-refractivity contribution in [1.82, 2.24) is 10.1 Å². The first-order chi connectivity index (χ1) is 10.2. The number of methoxy groups -OCH3 is 1. The third-order valence-electron chi connectivity index (χ3n) is 3.16. The summed E-state index contributed by atoms with van der Waals surface area (Å²) in [6, 6.07) is 3.09. The molecule has 0 N–H and O–H groups in total. The summed E-state index contributed by atoms with van der Waals surface area (Å²) in [6.07, 6.45) is 2.85. The minimum absolute atomic E-state index is 0.0680. The van der Waals surface area contributed by atoms with Gasteiger partial charge in [-0.15, -0.1) is 0 Å². The van der Waals surface area contributed by atoms with Crippen LogP contribution in [0.15, 0.2) is 16.7 Å². The number of hydrogen-bond acceptors (Lipinski definition) is 6. The van der Waals surface area contributed by atoms with Crippen LogP contribution in [0, 0.1) is 0 Å². The van der Waals surface area contributed by atoms with E-state index in [4.69, 9.17) is 25.6 Å². The lowest BCUT2D eigenvalue weighted by atomic mass is 10.2. The predicted octanol–water partition coefficient (Wildman–Crippen LogP) is 3.00. The maximum atomic E-state index is 11.1. The lowest BCUT2D eigenvalue weighted by molar-refractivity contribution is 0.111. The lowest BCUT2D eigenvalue weighted by Gasteiger charge is -2.11. The Kier molecular flexibility index (Phi) is 3.79. The van der Waals surface area contributed by atoms with Crippen molar-refractivity contribution in [2.45, 2.75) is 25.4 Å². The summed E-state index contributed by atoms with van der Waals surface area (Å²) in [5.41, 5.74) is 0.307. The van der Waals surface area contributed by atoms with E-state index < -0.39 is 0 Å². The van der Waals surface area contributed by atoms with Crippen LogP contribution in [0.2, 0.25) is 5.02 Å². The summed E-state index contributed by atoms with van der Waals surface area (Å²) in [6.45, 7) is 0.0680. The molecule has 0 radical (unpaired) electrons. The van der Waals surface area contributed by atoms with Gasteiger partial charge in [-0.05, 0) is 18.9 Å². The number of rotatable bonds is 6. The Hall–Kier alpha value is -2.08. The molecule has 21 heavy (non-hydrogen) atoms. The highest BCUT2D eigenvalue weighted by atomic mass is 35.5. The second kappa shape index (κ2) is 5.73. The SMILES string of the molecule is COc1cc(Cl)cc(C=O)c1OCc1nc(C2CC2)no1. The molecule has 1 aliphatic carbocycles. The first-order valence-corrected chi connectivity index (χ1v) is 6.87. The van der Waals surface area contributed by atoms with Gasteiger partial charge in [-0.25, -0.2) is 0 Å². The van der Waals surface area contributed by atoms with Gasteiger partial charge in [0.2, 0.25) is 0 Å². The molecule has 0 aliphatic heterocycles. The fourth-order valence-electron chi connectivity index (χ4n) is 1.95. The number of ether oxygens (including phenoxy) is 2. The average molecular weight is 309 g/mol. The minimum atomic E-state index is 0.0680. The van der Waals surface area contributed by atoms with Crippen molar-refractivity contribution >= 4 is 17.9 Å². The average Bonchev–Trinajstić information content (AvgIpc) is 3.24. The molecule has 3 rings (SSSR count). The first-order valence-electron chi connectivity index (χ1n) is 6.49. The van der Waals surface area contributed by atoms with Gasteiger partial charge >= 0.3 is 0 Å². The van der Waals surface area contributed by atoms with Crippen molar-refractivity contribution in [2.24, 2.45) is 0 Å². The predicted molar refractivity (Wildman–Crippen MR) is 74.0 cm³/mol. The van der Waals surface area contributed by atoms with Crippen LogP contribution in [0.5, 0.6) is 11.5 Å². The van der Waals surface area contributed by atoms with E-state index in [1.165, 1.54) is 13.2 Å². The molecule has 1 heterocycles. The molecule has 1 aromatic heterocycles. The Morgan fingerprint density at radius 3 is 2.95 bits per heavy atom. The summed E-state index contributed by atoms with van der Waals surface area (Å²) in [4.78, 5) is 15.4. The number of hydrogen-bond donors (Lipinski definition) is 0. The van der Waals surface area contributed by atoms with Crippen LogP contribution in [0.4, 0.5) is 0 Å². The van der Waals surface area contributed by atoms with Crippen molar-refractivity contribution in [1.29, 1.82) is 0 Å². The highest BCUT2D eigenvalue weighted by molar-refractivity contribution is 6.31. The van der Waals surface area contributed by atoms with Crippen LogP contribution in [0.3, 0.4) is 0 Å². The van der Waals surface area contributed by atoms with Crippen molar-refractivity contribution in [3.05, 3.63) is 34.4 Å². The van der Waals surface area contributed by atoms with E-state index in [1.54, 1.807) is 6.07 Å². The van der Waals surface area contributed by atoms with Crippen LogP contribution < -0.4 is 9.47 Å². The molecule has 0 atom stereocenters. The first kappa shape index (κ1) is 13.9. The molecule has 1 fully saturated rings. The van der Waals surface area contributed by atoms with Gasteiger partial charge < -0.3 is 14.0 Å². The Labute approximate surface area is 126 Å². The van der Waals surface area contributed by atoms with Crippen LogP contribution in [0.25, 0.3) is 0 Å². The fourth-order valence-corrected chi connectivity index (χ4v) is 2.17. The summed E-state index contributed by atoms with van der Waals surface area (Å²) in [7, 11) is 1.48. The zero-order valence-corrected chi connectivity index (χ0v) is 12.1. The molecule has 0 amide bonds. The van der Waals surface area contributed by atoms with Gasteiger partial charge in [0.15, 0.2) is 30.2 Å². The highest BCUT2D eigenvalue weighted by Gasteiger charge is 2.28. The van der Waals surface area contributed by atoms with Crippen molar-refractivity contribution in [3.8, 4) is 11.5 Å². The van der Waals surface area contributed by atoms with E-state index in [9.17, 15) is 4.79 Å². The second-order valence-corrected chi connectivity index (χ2v) is 5.19. The minimum Gasteiger partial charge on any atom is -0.493 e. The smallest absolute Gasteiger partial charge is 0.264 e. The normalized spacial score (nSPS) is 14.0. The third kappa shape index (κ3) is 3.00. The van der Waals surface area contributed by atoms with E-state index in [2.05, 4.69) is 10.1 Å². The Balaban J connectivity index is 1.78. The molecule has 1 aromatic carbocycles. The number of halogens is 1. The van der Waals surface area contributed by atoms with E-state index in [0.29, 0.717) is 46.0 Å². The van der Waals surface area contributed by atoms with Crippen molar-refractivity contribution < 1.29 is 18.8 Å². The fraction of sp³-hybridized carbons (Fsp3) is 0.357. The second-order valence-electron chi connectivity index (χ2n) is 4.75. The van der Waals surface area contributed by atoms with Crippen molar-refractivity contribution in [2.75, 3.05) is 7.11 Å². The summed E-state index contributed by atoms with van der Waals surface area (Å²) in [5.74, 6) is 2.19. The Morgan fingerprint density at radius 1 is 1.48 bits per heavy atom. The third-order valence-corrected chi connectivity index (χ3v) is 3.38. The van der Waals surface area contributed by atoms with Crippen molar-refractivity contribution in [3.63, 3.8) is 0 Å². The molecular formula is C14H13ClN2O4. The number of aldehydes is 1. The largest absolute Gasteiger partial charge is 0.493 e. The van der Waals surface area contributed by atoms with Gasteiger partial charge in [0.25, 0.3) is 5.89 Å². The zero-order valence-electron chi connectivity index (χ0n) is 11.3. The van der Waals surface area contributed by atoms with Gasteiger partial charge in [0, 0.05) is 17.0 Å². The van der Waals surface area contributed by atoms with Gasteiger partial charge in [0.1, 0.15) is 0 Å². The molecule has 0 unspecified atom stereocenters. The topological polar surface area (TPSA) is 74.5 Å². The summed E-state index contributed by atoms with van der Waals surface area (Å²) >= 11 is 5.91. The lowest BCUT2D eigenvalue weighted by Crippen LogP contribution is -2.01.